The molecular formula is C16H23NO4. The van der Waals surface area contributed by atoms with Crippen LogP contribution in [0.2, 0.25) is 0 Å². The number of nitrogens with zero attached hydrogens (tertiary/aromatic N) is 1. The Kier molecular flexibility index (Phi) is 6.88. The maximum atomic E-state index is 11.7. The Balaban J connectivity index is 2.30. The van der Waals surface area contributed by atoms with Crippen LogP contribution < -0.4 is 4.74 Å². The van der Waals surface area contributed by atoms with Crippen LogP contribution in [0.4, 0.5) is 0 Å². The molecule has 0 bridgehead atoms. The normalized spacial score (nSPS) is 10.5. The van der Waals surface area contributed by atoms with Gasteiger partial charge in [-0.3, -0.25) is 9.59 Å². The van der Waals surface area contributed by atoms with Gasteiger partial charge in [0.25, 0.3) is 0 Å². The van der Waals surface area contributed by atoms with Gasteiger partial charge in [0.1, 0.15) is 12.4 Å². The minimum Gasteiger partial charge on any atom is -0.464 e. The Morgan fingerprint density at radius 3 is 2.33 bits per heavy atom. The van der Waals surface area contributed by atoms with Gasteiger partial charge < -0.3 is 14.4 Å². The van der Waals surface area contributed by atoms with E-state index in [0.717, 1.165) is 11.1 Å². The number of hydrogen-bond acceptors (Lipinski definition) is 5. The Labute approximate surface area is 125 Å². The monoisotopic (exact) mass is 293 g/mol. The summed E-state index contributed by atoms with van der Waals surface area (Å²) in [7, 11) is 3.80. The Hall–Kier alpha value is -1.88. The standard InChI is InChI=1S/C16H23NO4/c1-12-5-6-14(11-13(12)2)21-16(19)8-7-15(18)20-10-9-17(3)4/h5-6,11H,7-10H2,1-4H3. The first-order chi connectivity index (χ1) is 9.88. The van der Waals surface area contributed by atoms with Crippen LogP contribution in [0.15, 0.2) is 18.2 Å². The third-order valence-electron chi connectivity index (χ3n) is 3.04. The summed E-state index contributed by atoms with van der Waals surface area (Å²) in [5.74, 6) is -0.305. The van der Waals surface area contributed by atoms with Crippen molar-refractivity contribution in [2.24, 2.45) is 0 Å². The quantitative estimate of drug-likeness (QED) is 0.569. The minimum absolute atomic E-state index is 0.0215. The van der Waals surface area contributed by atoms with Gasteiger partial charge in [0.15, 0.2) is 0 Å². The highest BCUT2D eigenvalue weighted by Gasteiger charge is 2.10. The van der Waals surface area contributed by atoms with Crippen molar-refractivity contribution in [1.29, 1.82) is 0 Å². The lowest BCUT2D eigenvalue weighted by molar-refractivity contribution is -0.147. The summed E-state index contributed by atoms with van der Waals surface area (Å²) in [5.41, 5.74) is 2.20. The molecule has 0 aliphatic carbocycles. The van der Waals surface area contributed by atoms with E-state index in [4.69, 9.17) is 9.47 Å². The fraction of sp³-hybridized carbons (Fsp3) is 0.500. The van der Waals surface area contributed by atoms with Gasteiger partial charge >= 0.3 is 11.9 Å². The zero-order valence-electron chi connectivity index (χ0n) is 13.1. The van der Waals surface area contributed by atoms with Crippen LogP contribution >= 0.6 is 0 Å². The van der Waals surface area contributed by atoms with Crippen molar-refractivity contribution in [3.05, 3.63) is 29.3 Å². The first kappa shape index (κ1) is 17.2. The van der Waals surface area contributed by atoms with Gasteiger partial charge in [-0.15, -0.1) is 0 Å². The number of aryl methyl sites for hydroxylation is 2. The highest BCUT2D eigenvalue weighted by Crippen LogP contribution is 2.17. The van der Waals surface area contributed by atoms with E-state index < -0.39 is 5.97 Å². The van der Waals surface area contributed by atoms with Crippen molar-refractivity contribution < 1.29 is 19.1 Å². The molecule has 0 aliphatic heterocycles. The SMILES string of the molecule is Cc1ccc(OC(=O)CCC(=O)OCCN(C)C)cc1C. The lowest BCUT2D eigenvalue weighted by atomic mass is 10.1. The van der Waals surface area contributed by atoms with Gasteiger partial charge in [0, 0.05) is 6.54 Å². The summed E-state index contributed by atoms with van der Waals surface area (Å²) in [6.07, 6.45) is 0.0603. The van der Waals surface area contributed by atoms with Crippen molar-refractivity contribution >= 4 is 11.9 Å². The number of rotatable bonds is 7. The van der Waals surface area contributed by atoms with Crippen molar-refractivity contribution in [3.8, 4) is 5.75 Å². The molecule has 0 radical (unpaired) electrons. The van der Waals surface area contributed by atoms with Gasteiger partial charge in [0.05, 0.1) is 12.8 Å². The van der Waals surface area contributed by atoms with Crippen molar-refractivity contribution in [1.82, 2.24) is 4.90 Å². The lowest BCUT2D eigenvalue weighted by Gasteiger charge is -2.10. The number of esters is 2. The smallest absolute Gasteiger partial charge is 0.311 e. The maximum absolute atomic E-state index is 11.7. The fourth-order valence-electron chi connectivity index (χ4n) is 1.58. The van der Waals surface area contributed by atoms with E-state index in [0.29, 0.717) is 18.9 Å². The average molecular weight is 293 g/mol. The molecule has 0 spiro atoms. The molecule has 5 heteroatoms. The highest BCUT2D eigenvalue weighted by atomic mass is 16.5. The van der Waals surface area contributed by atoms with E-state index in [1.54, 1.807) is 6.07 Å². The molecule has 21 heavy (non-hydrogen) atoms. The van der Waals surface area contributed by atoms with Crippen LogP contribution in [0.1, 0.15) is 24.0 Å². The lowest BCUT2D eigenvalue weighted by Crippen LogP contribution is -2.20. The molecular weight excluding hydrogens is 270 g/mol. The van der Waals surface area contributed by atoms with Crippen LogP contribution in [-0.2, 0) is 14.3 Å². The molecule has 0 N–H and O–H groups in total. The van der Waals surface area contributed by atoms with E-state index in [9.17, 15) is 9.59 Å². The fourth-order valence-corrected chi connectivity index (χ4v) is 1.58. The van der Waals surface area contributed by atoms with Crippen LogP contribution in [0.25, 0.3) is 0 Å². The van der Waals surface area contributed by atoms with Crippen molar-refractivity contribution in [2.45, 2.75) is 26.7 Å². The second kappa shape index (κ2) is 8.42. The zero-order chi connectivity index (χ0) is 15.8. The summed E-state index contributed by atoms with van der Waals surface area (Å²) in [6, 6.07) is 5.45. The van der Waals surface area contributed by atoms with Crippen molar-refractivity contribution in [3.63, 3.8) is 0 Å². The van der Waals surface area contributed by atoms with Gasteiger partial charge in [-0.25, -0.2) is 0 Å². The summed E-state index contributed by atoms with van der Waals surface area (Å²) < 4.78 is 10.2. The highest BCUT2D eigenvalue weighted by molar-refractivity contribution is 5.79. The molecule has 0 unspecified atom stereocenters. The molecule has 1 aromatic carbocycles. The van der Waals surface area contributed by atoms with Crippen LogP contribution in [0.5, 0.6) is 5.75 Å². The van der Waals surface area contributed by atoms with E-state index >= 15 is 0 Å². The molecule has 0 heterocycles. The molecule has 1 rings (SSSR count). The molecule has 0 aromatic heterocycles. The number of carbonyl (C=O) groups excluding carboxylic acids is 2. The molecule has 0 atom stereocenters. The number of likely N-dealkylation sites (N-methyl/N-ethyl adjacent to an activating group) is 1. The second-order valence-corrected chi connectivity index (χ2v) is 5.24. The van der Waals surface area contributed by atoms with Crippen LogP contribution in [0.3, 0.4) is 0 Å². The molecule has 0 saturated carbocycles. The topological polar surface area (TPSA) is 55.8 Å². The number of hydrogen-bond donors (Lipinski definition) is 0. The van der Waals surface area contributed by atoms with Gasteiger partial charge in [-0.05, 0) is 51.2 Å². The summed E-state index contributed by atoms with van der Waals surface area (Å²) in [4.78, 5) is 25.0. The predicted octanol–water partition coefficient (Wildman–Crippen LogP) is 2.09. The van der Waals surface area contributed by atoms with Gasteiger partial charge in [0.2, 0.25) is 0 Å². The van der Waals surface area contributed by atoms with E-state index in [1.165, 1.54) is 0 Å². The Bertz CT molecular complexity index is 497. The third-order valence-corrected chi connectivity index (χ3v) is 3.04. The van der Waals surface area contributed by atoms with Crippen LogP contribution in [-0.4, -0.2) is 44.1 Å². The molecule has 0 saturated heterocycles. The third kappa shape index (κ3) is 6.90. The molecule has 0 aliphatic rings. The largest absolute Gasteiger partial charge is 0.464 e. The zero-order valence-corrected chi connectivity index (χ0v) is 13.1. The number of carbonyl (C=O) groups is 2. The Morgan fingerprint density at radius 1 is 1.05 bits per heavy atom. The number of benzene rings is 1. The molecule has 1 aromatic rings. The predicted molar refractivity (Wildman–Crippen MR) is 80.3 cm³/mol. The second-order valence-electron chi connectivity index (χ2n) is 5.24. The first-order valence-electron chi connectivity index (χ1n) is 6.97. The van der Waals surface area contributed by atoms with E-state index in [1.807, 2.05) is 45.0 Å². The minimum atomic E-state index is -0.428. The molecule has 0 amide bonds. The molecule has 0 fully saturated rings. The van der Waals surface area contributed by atoms with Gasteiger partial charge in [-0.2, -0.15) is 0 Å². The number of ether oxygens (including phenoxy) is 2. The Morgan fingerprint density at radius 2 is 1.71 bits per heavy atom. The summed E-state index contributed by atoms with van der Waals surface area (Å²) >= 11 is 0. The average Bonchev–Trinajstić information content (AvgIpc) is 2.40. The van der Waals surface area contributed by atoms with E-state index in [2.05, 4.69) is 0 Å². The summed E-state index contributed by atoms with van der Waals surface area (Å²) in [5, 5.41) is 0. The maximum Gasteiger partial charge on any atom is 0.311 e. The first-order valence-corrected chi connectivity index (χ1v) is 6.97. The van der Waals surface area contributed by atoms with Crippen LogP contribution in [0, 0.1) is 13.8 Å². The van der Waals surface area contributed by atoms with E-state index in [-0.39, 0.29) is 18.8 Å². The summed E-state index contributed by atoms with van der Waals surface area (Å²) in [6.45, 7) is 4.94. The molecule has 5 nitrogen and oxygen atoms in total. The van der Waals surface area contributed by atoms with Gasteiger partial charge in [-0.1, -0.05) is 6.07 Å². The molecule has 116 valence electrons. The van der Waals surface area contributed by atoms with Crippen molar-refractivity contribution in [2.75, 3.05) is 27.2 Å².